The van der Waals surface area contributed by atoms with E-state index >= 15 is 0 Å². The largest absolute Gasteiger partial charge is 0.494 e. The summed E-state index contributed by atoms with van der Waals surface area (Å²) in [5, 5.41) is 0.227. The van der Waals surface area contributed by atoms with Crippen LogP contribution in [0.5, 0.6) is 11.5 Å². The van der Waals surface area contributed by atoms with Gasteiger partial charge in [0.05, 0.1) is 16.2 Å². The SMILES string of the molecule is CC1(C)OB(c2ccc(Oc3c(F)cccc3Cl)cc2)OC1(C)C. The molecule has 0 bridgehead atoms. The second-order valence-corrected chi connectivity index (χ2v) is 7.22. The Hall–Kier alpha value is -1.56. The van der Waals surface area contributed by atoms with E-state index in [4.69, 9.17) is 25.6 Å². The Morgan fingerprint density at radius 2 is 1.54 bits per heavy atom. The number of ether oxygens (including phenoxy) is 1. The number of hydrogen-bond donors (Lipinski definition) is 0. The standard InChI is InChI=1S/C18H19BClFO3/c1-17(2)18(3,4)24-19(23-17)12-8-10-13(11-9-12)22-16-14(20)6-5-7-15(16)21/h5-11H,1-4H3. The van der Waals surface area contributed by atoms with Crippen LogP contribution in [0.15, 0.2) is 42.5 Å². The van der Waals surface area contributed by atoms with Crippen molar-refractivity contribution >= 4 is 24.2 Å². The molecule has 0 unspecified atom stereocenters. The van der Waals surface area contributed by atoms with E-state index in [0.29, 0.717) is 5.75 Å². The summed E-state index contributed by atoms with van der Waals surface area (Å²) in [4.78, 5) is 0. The average molecular weight is 349 g/mol. The summed E-state index contributed by atoms with van der Waals surface area (Å²) >= 11 is 5.97. The molecule has 0 aromatic heterocycles. The first kappa shape index (κ1) is 17.3. The maximum absolute atomic E-state index is 13.8. The van der Waals surface area contributed by atoms with Gasteiger partial charge >= 0.3 is 7.12 Å². The van der Waals surface area contributed by atoms with Gasteiger partial charge in [0.15, 0.2) is 11.6 Å². The minimum Gasteiger partial charge on any atom is -0.453 e. The molecule has 0 N–H and O–H groups in total. The third kappa shape index (κ3) is 3.16. The van der Waals surface area contributed by atoms with Crippen LogP contribution in [0, 0.1) is 5.82 Å². The summed E-state index contributed by atoms with van der Waals surface area (Å²) in [7, 11) is -0.443. The third-order valence-electron chi connectivity index (χ3n) is 4.54. The fourth-order valence-corrected chi connectivity index (χ4v) is 2.57. The van der Waals surface area contributed by atoms with Crippen LogP contribution in [0.2, 0.25) is 5.02 Å². The zero-order valence-corrected chi connectivity index (χ0v) is 14.9. The predicted octanol–water partition coefficient (Wildman–Crippen LogP) is 4.57. The predicted molar refractivity (Wildman–Crippen MR) is 93.6 cm³/mol. The molecule has 0 saturated carbocycles. The van der Waals surface area contributed by atoms with Crippen molar-refractivity contribution in [3.63, 3.8) is 0 Å². The Balaban J connectivity index is 1.77. The lowest BCUT2D eigenvalue weighted by atomic mass is 9.79. The van der Waals surface area contributed by atoms with Gasteiger partial charge in [0.25, 0.3) is 0 Å². The highest BCUT2D eigenvalue weighted by molar-refractivity contribution is 6.62. The Morgan fingerprint density at radius 1 is 0.958 bits per heavy atom. The van der Waals surface area contributed by atoms with Gasteiger partial charge in [-0.15, -0.1) is 0 Å². The summed E-state index contributed by atoms with van der Waals surface area (Å²) in [6, 6.07) is 11.6. The van der Waals surface area contributed by atoms with E-state index in [1.54, 1.807) is 18.2 Å². The van der Waals surface area contributed by atoms with Crippen molar-refractivity contribution in [1.82, 2.24) is 0 Å². The van der Waals surface area contributed by atoms with Gasteiger partial charge in [0.2, 0.25) is 0 Å². The number of benzene rings is 2. The zero-order chi connectivity index (χ0) is 17.5. The van der Waals surface area contributed by atoms with Gasteiger partial charge in [-0.2, -0.15) is 0 Å². The van der Waals surface area contributed by atoms with Gasteiger partial charge in [-0.3, -0.25) is 0 Å². The normalized spacial score (nSPS) is 18.7. The van der Waals surface area contributed by atoms with Crippen molar-refractivity contribution in [2.24, 2.45) is 0 Å². The molecule has 0 spiro atoms. The van der Waals surface area contributed by atoms with E-state index in [0.717, 1.165) is 5.46 Å². The molecule has 126 valence electrons. The van der Waals surface area contributed by atoms with Crippen LogP contribution in [0.4, 0.5) is 4.39 Å². The highest BCUT2D eigenvalue weighted by Gasteiger charge is 2.51. The summed E-state index contributed by atoms with van der Waals surface area (Å²) in [6.45, 7) is 8.02. The number of hydrogen-bond acceptors (Lipinski definition) is 3. The van der Waals surface area contributed by atoms with Gasteiger partial charge in [-0.25, -0.2) is 4.39 Å². The molecule has 0 aliphatic carbocycles. The van der Waals surface area contributed by atoms with Crippen LogP contribution in [-0.4, -0.2) is 18.3 Å². The van der Waals surface area contributed by atoms with E-state index in [2.05, 4.69) is 0 Å². The van der Waals surface area contributed by atoms with Crippen molar-refractivity contribution in [3.05, 3.63) is 53.3 Å². The lowest BCUT2D eigenvalue weighted by Gasteiger charge is -2.32. The Kier molecular flexibility index (Phi) is 4.37. The van der Waals surface area contributed by atoms with E-state index in [9.17, 15) is 4.39 Å². The molecular weight excluding hydrogens is 329 g/mol. The quantitative estimate of drug-likeness (QED) is 0.760. The molecule has 1 aliphatic heterocycles. The molecule has 1 fully saturated rings. The van der Waals surface area contributed by atoms with Crippen molar-refractivity contribution < 1.29 is 18.4 Å². The first-order valence-corrected chi connectivity index (χ1v) is 8.15. The van der Waals surface area contributed by atoms with Gasteiger partial charge < -0.3 is 14.0 Å². The molecule has 0 atom stereocenters. The molecule has 0 amide bonds. The highest BCUT2D eigenvalue weighted by atomic mass is 35.5. The molecule has 3 rings (SSSR count). The van der Waals surface area contributed by atoms with Crippen LogP contribution in [-0.2, 0) is 9.31 Å². The molecule has 1 saturated heterocycles. The number of rotatable bonds is 3. The summed E-state index contributed by atoms with van der Waals surface area (Å²) < 4.78 is 31.3. The van der Waals surface area contributed by atoms with Crippen LogP contribution in [0.3, 0.4) is 0 Å². The van der Waals surface area contributed by atoms with Crippen molar-refractivity contribution in [2.45, 2.75) is 38.9 Å². The molecule has 3 nitrogen and oxygen atoms in total. The molecule has 1 aliphatic rings. The van der Waals surface area contributed by atoms with Gasteiger partial charge in [-0.05, 0) is 57.4 Å². The molecule has 1 heterocycles. The Bertz CT molecular complexity index is 710. The van der Waals surface area contributed by atoms with E-state index in [-0.39, 0.29) is 10.8 Å². The monoisotopic (exact) mass is 348 g/mol. The van der Waals surface area contributed by atoms with E-state index in [1.165, 1.54) is 12.1 Å². The topological polar surface area (TPSA) is 27.7 Å². The molecular formula is C18H19BClFO3. The molecule has 2 aromatic rings. The Labute approximate surface area is 146 Å². The van der Waals surface area contributed by atoms with Gasteiger partial charge in [0.1, 0.15) is 5.75 Å². The molecule has 0 radical (unpaired) electrons. The molecule has 2 aromatic carbocycles. The minimum absolute atomic E-state index is 0.0162. The fourth-order valence-electron chi connectivity index (χ4n) is 2.37. The first-order valence-electron chi connectivity index (χ1n) is 7.77. The van der Waals surface area contributed by atoms with Gasteiger partial charge in [-0.1, -0.05) is 29.8 Å². The fraction of sp³-hybridized carbons (Fsp3) is 0.333. The molecule has 6 heteroatoms. The summed E-state index contributed by atoms with van der Waals surface area (Å²) in [5.41, 5.74) is 0.0850. The van der Waals surface area contributed by atoms with Crippen LogP contribution < -0.4 is 10.2 Å². The maximum Gasteiger partial charge on any atom is 0.494 e. The summed E-state index contributed by atoms with van der Waals surface area (Å²) in [6.07, 6.45) is 0. The smallest absolute Gasteiger partial charge is 0.453 e. The number of halogens is 2. The lowest BCUT2D eigenvalue weighted by Crippen LogP contribution is -2.41. The van der Waals surface area contributed by atoms with Crippen molar-refractivity contribution in [1.29, 1.82) is 0 Å². The highest BCUT2D eigenvalue weighted by Crippen LogP contribution is 2.37. The number of para-hydroxylation sites is 1. The van der Waals surface area contributed by atoms with Gasteiger partial charge in [0, 0.05) is 0 Å². The Morgan fingerprint density at radius 3 is 2.08 bits per heavy atom. The van der Waals surface area contributed by atoms with E-state index < -0.39 is 24.1 Å². The second kappa shape index (κ2) is 6.06. The maximum atomic E-state index is 13.8. The second-order valence-electron chi connectivity index (χ2n) is 6.81. The van der Waals surface area contributed by atoms with Crippen LogP contribution >= 0.6 is 11.6 Å². The van der Waals surface area contributed by atoms with Crippen LogP contribution in [0.1, 0.15) is 27.7 Å². The van der Waals surface area contributed by atoms with Crippen molar-refractivity contribution in [3.8, 4) is 11.5 Å². The summed E-state index contributed by atoms with van der Waals surface area (Å²) in [5.74, 6) is 0.00218. The average Bonchev–Trinajstić information content (AvgIpc) is 2.72. The first-order chi connectivity index (χ1) is 11.2. The van der Waals surface area contributed by atoms with E-state index in [1.807, 2.05) is 39.8 Å². The lowest BCUT2D eigenvalue weighted by molar-refractivity contribution is 0.00578. The van der Waals surface area contributed by atoms with Crippen molar-refractivity contribution in [2.75, 3.05) is 0 Å². The molecule has 24 heavy (non-hydrogen) atoms. The third-order valence-corrected chi connectivity index (χ3v) is 4.84. The van der Waals surface area contributed by atoms with Crippen LogP contribution in [0.25, 0.3) is 0 Å². The minimum atomic E-state index is -0.502. The zero-order valence-electron chi connectivity index (χ0n) is 14.1.